The van der Waals surface area contributed by atoms with Crippen LogP contribution in [0.2, 0.25) is 5.02 Å². The van der Waals surface area contributed by atoms with E-state index in [1.165, 1.54) is 0 Å². The second-order valence-electron chi connectivity index (χ2n) is 6.52. The number of nitrogens with one attached hydrogen (secondary N) is 1. The molecule has 7 heteroatoms. The number of amides is 2. The number of hydrogen-bond donors (Lipinski definition) is 1. The Bertz CT molecular complexity index is 871. The van der Waals surface area contributed by atoms with Crippen LogP contribution in [0.25, 0.3) is 0 Å². The molecule has 3 rings (SSSR count). The predicted molar refractivity (Wildman–Crippen MR) is 107 cm³/mol. The number of nitrogens with zero attached hydrogens (tertiary/aromatic N) is 1. The van der Waals surface area contributed by atoms with Gasteiger partial charge in [0.1, 0.15) is 0 Å². The maximum atomic E-state index is 12.7. The Kier molecular flexibility index (Phi) is 6.41. The Balaban J connectivity index is 1.68. The monoisotopic (exact) mass is 402 g/mol. The summed E-state index contributed by atoms with van der Waals surface area (Å²) in [7, 11) is 3.17. The van der Waals surface area contributed by atoms with Crippen LogP contribution in [0.15, 0.2) is 42.5 Å². The van der Waals surface area contributed by atoms with Crippen molar-refractivity contribution in [1.29, 1.82) is 0 Å². The number of benzene rings is 2. The van der Waals surface area contributed by atoms with Gasteiger partial charge in [0.05, 0.1) is 37.4 Å². The standard InChI is InChI=1S/C21H23ClN2O4/c1-27-18-10-9-14(12-19(18)28-2)17-8-5-11-24(17)20(25)13-23-21(26)15-6-3-4-7-16(15)22/h3-4,6-7,9-10,12,17H,5,8,11,13H2,1-2H3,(H,23,26). The number of rotatable bonds is 6. The average Bonchev–Trinajstić information content (AvgIpc) is 3.21. The first kappa shape index (κ1) is 20.0. The van der Waals surface area contributed by atoms with Crippen molar-refractivity contribution in [3.63, 3.8) is 0 Å². The highest BCUT2D eigenvalue weighted by Gasteiger charge is 2.30. The molecular formula is C21H23ClN2O4. The fourth-order valence-electron chi connectivity index (χ4n) is 3.47. The number of carbonyl (C=O) groups is 2. The zero-order valence-corrected chi connectivity index (χ0v) is 16.7. The molecule has 2 aromatic rings. The third kappa shape index (κ3) is 4.22. The normalized spacial score (nSPS) is 16.0. The van der Waals surface area contributed by atoms with Gasteiger partial charge in [0.25, 0.3) is 5.91 Å². The van der Waals surface area contributed by atoms with E-state index in [0.717, 1.165) is 18.4 Å². The summed E-state index contributed by atoms with van der Waals surface area (Å²) in [5, 5.41) is 3.03. The minimum absolute atomic E-state index is 0.0514. The lowest BCUT2D eigenvalue weighted by atomic mass is 10.0. The summed E-state index contributed by atoms with van der Waals surface area (Å²) in [4.78, 5) is 26.8. The lowest BCUT2D eigenvalue weighted by Crippen LogP contribution is -2.39. The number of likely N-dealkylation sites (tertiary alicyclic amines) is 1. The minimum Gasteiger partial charge on any atom is -0.493 e. The SMILES string of the molecule is COc1ccc(C2CCCN2C(=O)CNC(=O)c2ccccc2Cl)cc1OC. The highest BCUT2D eigenvalue weighted by molar-refractivity contribution is 6.33. The average molecular weight is 403 g/mol. The Morgan fingerprint density at radius 3 is 2.61 bits per heavy atom. The molecule has 0 saturated carbocycles. The maximum absolute atomic E-state index is 12.7. The molecule has 148 valence electrons. The van der Waals surface area contributed by atoms with E-state index in [0.29, 0.717) is 28.6 Å². The van der Waals surface area contributed by atoms with Gasteiger partial charge in [0.15, 0.2) is 11.5 Å². The van der Waals surface area contributed by atoms with Crippen molar-refractivity contribution >= 4 is 23.4 Å². The van der Waals surface area contributed by atoms with Gasteiger partial charge < -0.3 is 19.7 Å². The van der Waals surface area contributed by atoms with Gasteiger partial charge in [-0.3, -0.25) is 9.59 Å². The summed E-state index contributed by atoms with van der Waals surface area (Å²) in [6.07, 6.45) is 1.77. The Hall–Kier alpha value is -2.73. The lowest BCUT2D eigenvalue weighted by molar-refractivity contribution is -0.131. The number of halogens is 1. The van der Waals surface area contributed by atoms with Gasteiger partial charge in [-0.15, -0.1) is 0 Å². The highest BCUT2D eigenvalue weighted by Crippen LogP contribution is 2.36. The first-order valence-corrected chi connectivity index (χ1v) is 9.47. The lowest BCUT2D eigenvalue weighted by Gasteiger charge is -2.26. The highest BCUT2D eigenvalue weighted by atomic mass is 35.5. The number of hydrogen-bond acceptors (Lipinski definition) is 4. The molecule has 1 aliphatic rings. The zero-order valence-electron chi connectivity index (χ0n) is 15.9. The molecule has 1 saturated heterocycles. The van der Waals surface area contributed by atoms with Crippen LogP contribution in [0.4, 0.5) is 0 Å². The maximum Gasteiger partial charge on any atom is 0.253 e. The van der Waals surface area contributed by atoms with Crippen LogP contribution in [-0.2, 0) is 4.79 Å². The van der Waals surface area contributed by atoms with Gasteiger partial charge >= 0.3 is 0 Å². The van der Waals surface area contributed by atoms with Crippen molar-refractivity contribution in [2.75, 3.05) is 27.3 Å². The van der Waals surface area contributed by atoms with Crippen LogP contribution in [0.1, 0.15) is 34.8 Å². The summed E-state index contributed by atoms with van der Waals surface area (Å²) in [6.45, 7) is 0.577. The summed E-state index contributed by atoms with van der Waals surface area (Å²) >= 11 is 6.04. The van der Waals surface area contributed by atoms with Crippen LogP contribution in [0.5, 0.6) is 11.5 Å². The molecule has 0 bridgehead atoms. The largest absolute Gasteiger partial charge is 0.493 e. The van der Waals surface area contributed by atoms with E-state index >= 15 is 0 Å². The summed E-state index contributed by atoms with van der Waals surface area (Å²) < 4.78 is 10.7. The quantitative estimate of drug-likeness (QED) is 0.803. The molecule has 1 atom stereocenters. The van der Waals surface area contributed by atoms with Crippen LogP contribution in [0, 0.1) is 0 Å². The Morgan fingerprint density at radius 1 is 1.14 bits per heavy atom. The molecular weight excluding hydrogens is 380 g/mol. The molecule has 2 amide bonds. The van der Waals surface area contributed by atoms with Gasteiger partial charge in [-0.25, -0.2) is 0 Å². The summed E-state index contributed by atoms with van der Waals surface area (Å²) in [6, 6.07) is 12.4. The van der Waals surface area contributed by atoms with E-state index in [1.807, 2.05) is 18.2 Å². The van der Waals surface area contributed by atoms with Gasteiger partial charge in [-0.2, -0.15) is 0 Å². The summed E-state index contributed by atoms with van der Waals surface area (Å²) in [5.74, 6) is 0.791. The fourth-order valence-corrected chi connectivity index (χ4v) is 3.69. The number of ether oxygens (including phenoxy) is 2. The van der Waals surface area contributed by atoms with Crippen molar-refractivity contribution in [1.82, 2.24) is 10.2 Å². The molecule has 1 heterocycles. The molecule has 2 aromatic carbocycles. The molecule has 0 aromatic heterocycles. The van der Waals surface area contributed by atoms with Gasteiger partial charge in [0.2, 0.25) is 5.91 Å². The van der Waals surface area contributed by atoms with Crippen LogP contribution in [0.3, 0.4) is 0 Å². The van der Waals surface area contributed by atoms with E-state index in [-0.39, 0.29) is 24.4 Å². The topological polar surface area (TPSA) is 67.9 Å². The van der Waals surface area contributed by atoms with E-state index in [9.17, 15) is 9.59 Å². The molecule has 1 unspecified atom stereocenters. The Labute approximate surface area is 169 Å². The number of methoxy groups -OCH3 is 2. The first-order chi connectivity index (χ1) is 13.5. The Morgan fingerprint density at radius 2 is 1.89 bits per heavy atom. The van der Waals surface area contributed by atoms with Crippen molar-refractivity contribution in [2.45, 2.75) is 18.9 Å². The zero-order chi connectivity index (χ0) is 20.1. The molecule has 1 aliphatic heterocycles. The van der Waals surface area contributed by atoms with Crippen molar-refractivity contribution in [3.05, 3.63) is 58.6 Å². The molecule has 0 radical (unpaired) electrons. The second kappa shape index (κ2) is 8.97. The van der Waals surface area contributed by atoms with Gasteiger partial charge in [-0.1, -0.05) is 29.8 Å². The molecule has 0 aliphatic carbocycles. The van der Waals surface area contributed by atoms with Crippen molar-refractivity contribution < 1.29 is 19.1 Å². The summed E-state index contributed by atoms with van der Waals surface area (Å²) in [5.41, 5.74) is 1.34. The third-order valence-corrected chi connectivity index (χ3v) is 5.21. The van der Waals surface area contributed by atoms with Gasteiger partial charge in [-0.05, 0) is 42.7 Å². The van der Waals surface area contributed by atoms with Crippen molar-refractivity contribution in [2.24, 2.45) is 0 Å². The fraction of sp³-hybridized carbons (Fsp3) is 0.333. The van der Waals surface area contributed by atoms with Crippen LogP contribution >= 0.6 is 11.6 Å². The van der Waals surface area contributed by atoms with Crippen molar-refractivity contribution in [3.8, 4) is 11.5 Å². The van der Waals surface area contributed by atoms with E-state index in [4.69, 9.17) is 21.1 Å². The molecule has 6 nitrogen and oxygen atoms in total. The van der Waals surface area contributed by atoms with Gasteiger partial charge in [0, 0.05) is 6.54 Å². The third-order valence-electron chi connectivity index (χ3n) is 4.88. The van der Waals surface area contributed by atoms with Crippen LogP contribution in [-0.4, -0.2) is 44.0 Å². The first-order valence-electron chi connectivity index (χ1n) is 9.09. The molecule has 1 N–H and O–H groups in total. The van der Waals surface area contributed by atoms with E-state index in [2.05, 4.69) is 5.32 Å². The van der Waals surface area contributed by atoms with Crippen LogP contribution < -0.4 is 14.8 Å². The molecule has 28 heavy (non-hydrogen) atoms. The molecule has 1 fully saturated rings. The van der Waals surface area contributed by atoms with E-state index in [1.54, 1.807) is 43.4 Å². The predicted octanol–water partition coefficient (Wildman–Crippen LogP) is 3.45. The smallest absolute Gasteiger partial charge is 0.253 e. The minimum atomic E-state index is -0.360. The van der Waals surface area contributed by atoms with E-state index < -0.39 is 0 Å². The molecule has 0 spiro atoms. The second-order valence-corrected chi connectivity index (χ2v) is 6.93. The number of carbonyl (C=O) groups excluding carboxylic acids is 2.